The predicted molar refractivity (Wildman–Crippen MR) is 52.2 cm³/mol. The van der Waals surface area contributed by atoms with E-state index in [0.29, 0.717) is 0 Å². The summed E-state index contributed by atoms with van der Waals surface area (Å²) < 4.78 is 0. The Balaban J connectivity index is 2.50. The molecule has 0 aliphatic heterocycles. The lowest BCUT2D eigenvalue weighted by molar-refractivity contribution is 0.279. The largest absolute Gasteiger partial charge is 0.392 e. The predicted octanol–water partition coefficient (Wildman–Crippen LogP) is 1.52. The highest BCUT2D eigenvalue weighted by molar-refractivity contribution is 5.38. The molecular formula is C11H15NO. The molecule has 0 aromatic heterocycles. The van der Waals surface area contributed by atoms with Crippen LogP contribution in [0.3, 0.4) is 0 Å². The average Bonchev–Trinajstić information content (AvgIpc) is 2.17. The van der Waals surface area contributed by atoms with Crippen molar-refractivity contribution in [2.75, 3.05) is 0 Å². The Labute approximate surface area is 78.4 Å². The number of benzene rings is 1. The van der Waals surface area contributed by atoms with Gasteiger partial charge in [0.2, 0.25) is 0 Å². The van der Waals surface area contributed by atoms with Crippen molar-refractivity contribution < 1.29 is 5.11 Å². The standard InChI is InChI=1S/C11H15NO/c12-10-6-2-4-8-3-1-5-9(7-13)11(8)10/h1,3,5,10,13H,2,4,6-7,12H2/t10-/m1/s1. The maximum absolute atomic E-state index is 9.16. The molecule has 0 amide bonds. The van der Waals surface area contributed by atoms with Crippen LogP contribution in [0.25, 0.3) is 0 Å². The Morgan fingerprint density at radius 2 is 2.31 bits per heavy atom. The third-order valence-electron chi connectivity index (χ3n) is 2.79. The van der Waals surface area contributed by atoms with Crippen molar-refractivity contribution in [1.29, 1.82) is 0 Å². The number of rotatable bonds is 1. The molecule has 1 atom stereocenters. The molecule has 0 unspecified atom stereocenters. The fraction of sp³-hybridized carbons (Fsp3) is 0.455. The molecule has 0 saturated carbocycles. The molecule has 0 radical (unpaired) electrons. The van der Waals surface area contributed by atoms with Gasteiger partial charge in [0.05, 0.1) is 6.61 Å². The van der Waals surface area contributed by atoms with Crippen molar-refractivity contribution >= 4 is 0 Å². The minimum Gasteiger partial charge on any atom is -0.392 e. The topological polar surface area (TPSA) is 46.2 Å². The van der Waals surface area contributed by atoms with E-state index >= 15 is 0 Å². The van der Waals surface area contributed by atoms with Crippen LogP contribution in [0.5, 0.6) is 0 Å². The van der Waals surface area contributed by atoms with Crippen molar-refractivity contribution in [3.63, 3.8) is 0 Å². The molecule has 1 aliphatic rings. The first kappa shape index (κ1) is 8.73. The molecule has 0 heterocycles. The quantitative estimate of drug-likeness (QED) is 0.683. The molecule has 2 rings (SSSR count). The minimum absolute atomic E-state index is 0.108. The number of hydrogen-bond donors (Lipinski definition) is 2. The normalized spacial score (nSPS) is 21.2. The Kier molecular flexibility index (Phi) is 2.34. The zero-order valence-corrected chi connectivity index (χ0v) is 7.66. The van der Waals surface area contributed by atoms with Crippen LogP contribution in [-0.4, -0.2) is 5.11 Å². The van der Waals surface area contributed by atoms with Crippen molar-refractivity contribution in [3.05, 3.63) is 34.9 Å². The Morgan fingerprint density at radius 1 is 1.46 bits per heavy atom. The van der Waals surface area contributed by atoms with Crippen molar-refractivity contribution in [2.45, 2.75) is 31.9 Å². The monoisotopic (exact) mass is 177 g/mol. The van der Waals surface area contributed by atoms with E-state index in [2.05, 4.69) is 6.07 Å². The maximum Gasteiger partial charge on any atom is 0.0685 e. The van der Waals surface area contributed by atoms with Crippen LogP contribution in [0.2, 0.25) is 0 Å². The number of aliphatic hydroxyl groups excluding tert-OH is 1. The Morgan fingerprint density at radius 3 is 3.08 bits per heavy atom. The molecule has 3 N–H and O–H groups in total. The van der Waals surface area contributed by atoms with E-state index in [4.69, 9.17) is 10.8 Å². The van der Waals surface area contributed by atoms with Gasteiger partial charge in [0.1, 0.15) is 0 Å². The minimum atomic E-state index is 0.108. The van der Waals surface area contributed by atoms with Gasteiger partial charge in [-0.1, -0.05) is 18.2 Å². The average molecular weight is 177 g/mol. The molecule has 1 aromatic carbocycles. The molecule has 0 saturated heterocycles. The lowest BCUT2D eigenvalue weighted by Crippen LogP contribution is -2.19. The SMILES string of the molecule is N[C@@H]1CCCc2cccc(CO)c21. The Hall–Kier alpha value is -0.860. The summed E-state index contributed by atoms with van der Waals surface area (Å²) in [4.78, 5) is 0. The zero-order valence-electron chi connectivity index (χ0n) is 7.66. The number of fused-ring (bicyclic) bond motifs is 1. The van der Waals surface area contributed by atoms with Gasteiger partial charge in [0, 0.05) is 6.04 Å². The molecule has 0 fully saturated rings. The highest BCUT2D eigenvalue weighted by atomic mass is 16.3. The first-order valence-electron chi connectivity index (χ1n) is 4.80. The molecule has 0 bridgehead atoms. The van der Waals surface area contributed by atoms with Gasteiger partial charge in [0.15, 0.2) is 0 Å². The van der Waals surface area contributed by atoms with Crippen LogP contribution < -0.4 is 5.73 Å². The third-order valence-corrected chi connectivity index (χ3v) is 2.79. The number of hydrogen-bond acceptors (Lipinski definition) is 2. The number of nitrogens with two attached hydrogens (primary N) is 1. The van der Waals surface area contributed by atoms with E-state index in [1.165, 1.54) is 17.5 Å². The van der Waals surface area contributed by atoms with Gasteiger partial charge in [-0.25, -0.2) is 0 Å². The highest BCUT2D eigenvalue weighted by Gasteiger charge is 2.18. The summed E-state index contributed by atoms with van der Waals surface area (Å²) in [6.07, 6.45) is 3.32. The molecule has 1 aliphatic carbocycles. The molecule has 2 heteroatoms. The van der Waals surface area contributed by atoms with E-state index in [9.17, 15) is 0 Å². The zero-order chi connectivity index (χ0) is 9.26. The lowest BCUT2D eigenvalue weighted by atomic mass is 9.85. The van der Waals surface area contributed by atoms with Crippen LogP contribution in [0.1, 0.15) is 35.6 Å². The first-order valence-corrected chi connectivity index (χ1v) is 4.80. The molecule has 13 heavy (non-hydrogen) atoms. The highest BCUT2D eigenvalue weighted by Crippen LogP contribution is 2.30. The molecule has 70 valence electrons. The summed E-state index contributed by atoms with van der Waals surface area (Å²) in [6, 6.07) is 6.21. The summed E-state index contributed by atoms with van der Waals surface area (Å²) >= 11 is 0. The number of aryl methyl sites for hydroxylation is 1. The van der Waals surface area contributed by atoms with E-state index < -0.39 is 0 Å². The van der Waals surface area contributed by atoms with Crippen LogP contribution in [0, 0.1) is 0 Å². The summed E-state index contributed by atoms with van der Waals surface area (Å²) in [5.74, 6) is 0. The fourth-order valence-corrected chi connectivity index (χ4v) is 2.16. The van der Waals surface area contributed by atoms with E-state index in [-0.39, 0.29) is 12.6 Å². The fourth-order valence-electron chi connectivity index (χ4n) is 2.16. The molecular weight excluding hydrogens is 162 g/mol. The van der Waals surface area contributed by atoms with Gasteiger partial charge in [-0.2, -0.15) is 0 Å². The van der Waals surface area contributed by atoms with Crippen LogP contribution in [0.4, 0.5) is 0 Å². The summed E-state index contributed by atoms with van der Waals surface area (Å²) in [5.41, 5.74) is 9.53. The second-order valence-electron chi connectivity index (χ2n) is 3.65. The molecule has 2 nitrogen and oxygen atoms in total. The maximum atomic E-state index is 9.16. The van der Waals surface area contributed by atoms with E-state index in [1.54, 1.807) is 0 Å². The number of aliphatic hydroxyl groups is 1. The van der Waals surface area contributed by atoms with Gasteiger partial charge in [-0.05, 0) is 36.0 Å². The summed E-state index contributed by atoms with van der Waals surface area (Å²) in [7, 11) is 0. The van der Waals surface area contributed by atoms with Gasteiger partial charge < -0.3 is 10.8 Å². The third kappa shape index (κ3) is 1.47. The molecule has 1 aromatic rings. The van der Waals surface area contributed by atoms with Crippen molar-refractivity contribution in [3.8, 4) is 0 Å². The van der Waals surface area contributed by atoms with Gasteiger partial charge >= 0.3 is 0 Å². The molecule has 0 spiro atoms. The summed E-state index contributed by atoms with van der Waals surface area (Å²) in [5, 5.41) is 9.16. The van der Waals surface area contributed by atoms with Crippen LogP contribution in [0.15, 0.2) is 18.2 Å². The van der Waals surface area contributed by atoms with E-state index in [1.807, 2.05) is 12.1 Å². The van der Waals surface area contributed by atoms with Gasteiger partial charge in [-0.15, -0.1) is 0 Å². The van der Waals surface area contributed by atoms with Crippen molar-refractivity contribution in [2.24, 2.45) is 5.73 Å². The second kappa shape index (κ2) is 3.48. The van der Waals surface area contributed by atoms with Crippen LogP contribution >= 0.6 is 0 Å². The lowest BCUT2D eigenvalue weighted by Gasteiger charge is -2.24. The van der Waals surface area contributed by atoms with Gasteiger partial charge in [-0.3, -0.25) is 0 Å². The van der Waals surface area contributed by atoms with Gasteiger partial charge in [0.25, 0.3) is 0 Å². The summed E-state index contributed by atoms with van der Waals surface area (Å²) in [6.45, 7) is 0.108. The van der Waals surface area contributed by atoms with E-state index in [0.717, 1.165) is 18.4 Å². The first-order chi connectivity index (χ1) is 6.33. The Bertz CT molecular complexity index is 295. The van der Waals surface area contributed by atoms with Crippen LogP contribution in [-0.2, 0) is 13.0 Å². The second-order valence-corrected chi connectivity index (χ2v) is 3.65. The smallest absolute Gasteiger partial charge is 0.0685 e. The van der Waals surface area contributed by atoms with Crippen molar-refractivity contribution in [1.82, 2.24) is 0 Å².